The Bertz CT molecular complexity index is 968. The first kappa shape index (κ1) is 16.9. The molecular weight excluding hydrogens is 360 g/mol. The summed E-state index contributed by atoms with van der Waals surface area (Å²) < 4.78 is 2.39. The van der Waals surface area contributed by atoms with E-state index in [0.717, 1.165) is 61.4 Å². The molecule has 1 unspecified atom stereocenters. The van der Waals surface area contributed by atoms with E-state index < -0.39 is 0 Å². The van der Waals surface area contributed by atoms with E-state index in [4.69, 9.17) is 11.6 Å². The Balaban J connectivity index is 1.46. The van der Waals surface area contributed by atoms with Crippen molar-refractivity contribution < 1.29 is 0 Å². The van der Waals surface area contributed by atoms with Crippen molar-refractivity contribution in [3.05, 3.63) is 41.2 Å². The molecule has 1 saturated heterocycles. The van der Waals surface area contributed by atoms with E-state index in [1.54, 1.807) is 6.33 Å². The molecule has 0 N–H and O–H groups in total. The van der Waals surface area contributed by atoms with Gasteiger partial charge in [0.05, 0.1) is 5.52 Å². The van der Waals surface area contributed by atoms with E-state index >= 15 is 0 Å². The Morgan fingerprint density at radius 2 is 1.96 bits per heavy atom. The van der Waals surface area contributed by atoms with Gasteiger partial charge in [-0.3, -0.25) is 0 Å². The number of piperidine rings is 1. The summed E-state index contributed by atoms with van der Waals surface area (Å²) in [5.74, 6) is 3.73. The van der Waals surface area contributed by atoms with Crippen molar-refractivity contribution in [2.75, 3.05) is 18.0 Å². The van der Waals surface area contributed by atoms with Gasteiger partial charge in [0.25, 0.3) is 0 Å². The van der Waals surface area contributed by atoms with Gasteiger partial charge in [-0.2, -0.15) is 0 Å². The van der Waals surface area contributed by atoms with E-state index in [1.165, 1.54) is 25.1 Å². The van der Waals surface area contributed by atoms with Crippen LogP contribution in [0.3, 0.4) is 0 Å². The quantitative estimate of drug-likeness (QED) is 0.670. The molecule has 5 rings (SSSR count). The maximum absolute atomic E-state index is 6.14. The SMILES string of the molecule is Clc1ccc2c(N3CCCC(c4nnc5n4CCCCC5)C3)ncnc2c1. The second-order valence-electron chi connectivity index (χ2n) is 7.58. The highest BCUT2D eigenvalue weighted by atomic mass is 35.5. The topological polar surface area (TPSA) is 59.7 Å². The molecule has 1 atom stereocenters. The maximum Gasteiger partial charge on any atom is 0.139 e. The molecule has 2 aliphatic heterocycles. The Kier molecular flexibility index (Phi) is 4.44. The summed E-state index contributed by atoms with van der Waals surface area (Å²) >= 11 is 6.14. The van der Waals surface area contributed by atoms with E-state index in [-0.39, 0.29) is 0 Å². The Morgan fingerprint density at radius 1 is 1.00 bits per heavy atom. The minimum absolute atomic E-state index is 0.399. The summed E-state index contributed by atoms with van der Waals surface area (Å²) in [7, 11) is 0. The van der Waals surface area contributed by atoms with Gasteiger partial charge in [0.2, 0.25) is 0 Å². The molecule has 2 aliphatic rings. The molecule has 2 aromatic heterocycles. The number of anilines is 1. The normalized spacial score (nSPS) is 20.5. The van der Waals surface area contributed by atoms with Gasteiger partial charge in [-0.25, -0.2) is 9.97 Å². The van der Waals surface area contributed by atoms with Crippen LogP contribution < -0.4 is 4.90 Å². The van der Waals surface area contributed by atoms with Crippen molar-refractivity contribution in [2.45, 2.75) is 51.0 Å². The van der Waals surface area contributed by atoms with Crippen molar-refractivity contribution in [1.29, 1.82) is 0 Å². The van der Waals surface area contributed by atoms with Crippen LogP contribution in [0.2, 0.25) is 5.02 Å². The highest BCUT2D eigenvalue weighted by Gasteiger charge is 2.28. The van der Waals surface area contributed by atoms with Gasteiger partial charge in [-0.15, -0.1) is 10.2 Å². The zero-order valence-corrected chi connectivity index (χ0v) is 16.1. The second kappa shape index (κ2) is 7.08. The van der Waals surface area contributed by atoms with Crippen molar-refractivity contribution in [1.82, 2.24) is 24.7 Å². The molecule has 0 radical (unpaired) electrons. The van der Waals surface area contributed by atoms with Gasteiger partial charge in [0.15, 0.2) is 0 Å². The van der Waals surface area contributed by atoms with Crippen LogP contribution in [0.5, 0.6) is 0 Å². The lowest BCUT2D eigenvalue weighted by Crippen LogP contribution is -2.36. The third kappa shape index (κ3) is 3.16. The molecule has 0 amide bonds. The van der Waals surface area contributed by atoms with E-state index in [2.05, 4.69) is 29.6 Å². The van der Waals surface area contributed by atoms with Crippen LogP contribution in [0.15, 0.2) is 24.5 Å². The number of aryl methyl sites for hydroxylation is 1. The maximum atomic E-state index is 6.14. The number of hydrogen-bond acceptors (Lipinski definition) is 5. The fraction of sp³-hybridized carbons (Fsp3) is 0.500. The lowest BCUT2D eigenvalue weighted by molar-refractivity contribution is 0.464. The number of halogens is 1. The fourth-order valence-corrected chi connectivity index (χ4v) is 4.62. The molecule has 6 nitrogen and oxygen atoms in total. The predicted molar refractivity (Wildman–Crippen MR) is 106 cm³/mol. The number of benzene rings is 1. The zero-order chi connectivity index (χ0) is 18.2. The highest BCUT2D eigenvalue weighted by molar-refractivity contribution is 6.31. The minimum Gasteiger partial charge on any atom is -0.355 e. The van der Waals surface area contributed by atoms with Crippen LogP contribution in [0, 0.1) is 0 Å². The van der Waals surface area contributed by atoms with Crippen molar-refractivity contribution in [2.24, 2.45) is 0 Å². The zero-order valence-electron chi connectivity index (χ0n) is 15.3. The molecule has 1 aromatic carbocycles. The molecule has 4 heterocycles. The molecule has 0 saturated carbocycles. The summed E-state index contributed by atoms with van der Waals surface area (Å²) in [6.07, 6.45) is 8.72. The Labute approximate surface area is 163 Å². The smallest absolute Gasteiger partial charge is 0.139 e. The molecule has 140 valence electrons. The minimum atomic E-state index is 0.399. The first-order chi connectivity index (χ1) is 13.3. The van der Waals surface area contributed by atoms with Crippen molar-refractivity contribution in [3.8, 4) is 0 Å². The molecular formula is C20H23ClN6. The second-order valence-corrected chi connectivity index (χ2v) is 8.02. The largest absolute Gasteiger partial charge is 0.355 e. The van der Waals surface area contributed by atoms with Gasteiger partial charge in [0, 0.05) is 42.4 Å². The summed E-state index contributed by atoms with van der Waals surface area (Å²) in [6, 6.07) is 5.85. The number of aromatic nitrogens is 5. The molecule has 0 aliphatic carbocycles. The third-order valence-electron chi connectivity index (χ3n) is 5.80. The predicted octanol–water partition coefficient (Wildman–Crippen LogP) is 3.99. The molecule has 3 aromatic rings. The van der Waals surface area contributed by atoms with Crippen LogP contribution in [-0.4, -0.2) is 37.8 Å². The van der Waals surface area contributed by atoms with Crippen LogP contribution in [0.4, 0.5) is 5.82 Å². The Morgan fingerprint density at radius 3 is 2.93 bits per heavy atom. The summed E-state index contributed by atoms with van der Waals surface area (Å²) in [6.45, 7) is 2.99. The van der Waals surface area contributed by atoms with Crippen LogP contribution in [-0.2, 0) is 13.0 Å². The summed E-state index contributed by atoms with van der Waals surface area (Å²) in [5, 5.41) is 10.9. The number of rotatable bonds is 2. The van der Waals surface area contributed by atoms with Gasteiger partial charge in [-0.05, 0) is 43.9 Å². The molecule has 27 heavy (non-hydrogen) atoms. The van der Waals surface area contributed by atoms with Crippen molar-refractivity contribution >= 4 is 28.3 Å². The van der Waals surface area contributed by atoms with Gasteiger partial charge in [0.1, 0.15) is 23.8 Å². The molecule has 0 spiro atoms. The average Bonchev–Trinajstić information content (AvgIpc) is 2.96. The molecule has 7 heteroatoms. The van der Waals surface area contributed by atoms with Crippen molar-refractivity contribution in [3.63, 3.8) is 0 Å². The van der Waals surface area contributed by atoms with E-state index in [1.807, 2.05) is 18.2 Å². The first-order valence-corrected chi connectivity index (χ1v) is 10.2. The lowest BCUT2D eigenvalue weighted by Gasteiger charge is -2.33. The van der Waals surface area contributed by atoms with Crippen LogP contribution >= 0.6 is 11.6 Å². The Hall–Kier alpha value is -2.21. The van der Waals surface area contributed by atoms with Gasteiger partial charge >= 0.3 is 0 Å². The standard InChI is InChI=1S/C20H23ClN6/c21-15-7-8-16-17(11-15)22-13-23-20(16)26-9-4-5-14(12-26)19-25-24-18-6-2-1-3-10-27(18)19/h7-8,11,13-14H,1-6,9-10,12H2. The number of hydrogen-bond donors (Lipinski definition) is 0. The van der Waals surface area contributed by atoms with Crippen LogP contribution in [0.1, 0.15) is 49.7 Å². The summed E-state index contributed by atoms with van der Waals surface area (Å²) in [5.41, 5.74) is 0.894. The third-order valence-corrected chi connectivity index (χ3v) is 6.04. The number of fused-ring (bicyclic) bond motifs is 2. The fourth-order valence-electron chi connectivity index (χ4n) is 4.46. The monoisotopic (exact) mass is 382 g/mol. The number of nitrogens with zero attached hydrogens (tertiary/aromatic N) is 6. The van der Waals surface area contributed by atoms with E-state index in [9.17, 15) is 0 Å². The average molecular weight is 383 g/mol. The molecule has 0 bridgehead atoms. The lowest BCUT2D eigenvalue weighted by atomic mass is 9.96. The van der Waals surface area contributed by atoms with Gasteiger partial charge in [-0.1, -0.05) is 18.0 Å². The first-order valence-electron chi connectivity index (χ1n) is 9.87. The van der Waals surface area contributed by atoms with Gasteiger partial charge < -0.3 is 9.47 Å². The summed E-state index contributed by atoms with van der Waals surface area (Å²) in [4.78, 5) is 11.4. The van der Waals surface area contributed by atoms with Crippen LogP contribution in [0.25, 0.3) is 10.9 Å². The van der Waals surface area contributed by atoms with E-state index in [0.29, 0.717) is 10.9 Å². The molecule has 1 fully saturated rings. The highest BCUT2D eigenvalue weighted by Crippen LogP contribution is 2.33.